The summed E-state index contributed by atoms with van der Waals surface area (Å²) >= 11 is 4.80. The van der Waals surface area contributed by atoms with E-state index in [0.717, 1.165) is 8.66 Å². The Morgan fingerprint density at radius 3 is 2.83 bits per heavy atom. The summed E-state index contributed by atoms with van der Waals surface area (Å²) < 4.78 is 0.990. The van der Waals surface area contributed by atoms with Crippen molar-refractivity contribution in [3.05, 3.63) is 20.8 Å². The predicted molar refractivity (Wildman–Crippen MR) is 47.3 cm³/mol. The van der Waals surface area contributed by atoms with E-state index in [1.54, 1.807) is 0 Å². The van der Waals surface area contributed by atoms with Gasteiger partial charge in [-0.1, -0.05) is 0 Å². The number of hydrogen-bond donors (Lipinski definition) is 1. The van der Waals surface area contributed by atoms with Gasteiger partial charge in [0.2, 0.25) is 0 Å². The standard InChI is InChI=1S/C7H8BrNO2S/c8-6-2-1-5(12-6)4(9)3-7(10)11/h1-2,4H,3,9H2,(H,10,11)/t4-/m0/s1. The molecule has 0 amide bonds. The van der Waals surface area contributed by atoms with Gasteiger partial charge in [0.1, 0.15) is 6.04 Å². The topological polar surface area (TPSA) is 67.8 Å². The molecule has 1 rings (SSSR count). The Hall–Kier alpha value is -0.390. The molecule has 1 heterocycles. The van der Waals surface area contributed by atoms with E-state index in [2.05, 4.69) is 21.7 Å². The van der Waals surface area contributed by atoms with E-state index in [1.807, 2.05) is 12.1 Å². The number of carboxylic acids is 1. The van der Waals surface area contributed by atoms with Crippen LogP contribution in [0.2, 0.25) is 0 Å². The highest BCUT2D eigenvalue weighted by atomic mass is 79.9. The first-order valence-corrected chi connectivity index (χ1v) is 4.98. The quantitative estimate of drug-likeness (QED) is 0.816. The van der Waals surface area contributed by atoms with Gasteiger partial charge in [-0.15, -0.1) is 11.3 Å². The Kier molecular flexibility index (Phi) is 3.25. The minimum Gasteiger partial charge on any atom is -0.550 e. The first-order chi connectivity index (χ1) is 5.59. The SMILES string of the molecule is [NH3+][C@@H](CC(=O)[O-])c1ccc(Br)s1. The van der Waals surface area contributed by atoms with Crippen molar-refractivity contribution in [1.29, 1.82) is 0 Å². The normalized spacial score (nSPS) is 12.8. The van der Waals surface area contributed by atoms with E-state index in [4.69, 9.17) is 0 Å². The van der Waals surface area contributed by atoms with Crippen LogP contribution in [0.5, 0.6) is 0 Å². The summed E-state index contributed by atoms with van der Waals surface area (Å²) in [4.78, 5) is 11.2. The molecule has 0 aliphatic heterocycles. The van der Waals surface area contributed by atoms with E-state index in [0.29, 0.717) is 0 Å². The third-order valence-corrected chi connectivity index (χ3v) is 3.20. The lowest BCUT2D eigenvalue weighted by Gasteiger charge is -2.05. The Bertz CT molecular complexity index is 287. The fraction of sp³-hybridized carbons (Fsp3) is 0.286. The van der Waals surface area contributed by atoms with Crippen LogP contribution < -0.4 is 10.8 Å². The lowest BCUT2D eigenvalue weighted by Crippen LogP contribution is -2.55. The number of thiophene rings is 1. The van der Waals surface area contributed by atoms with E-state index in [-0.39, 0.29) is 12.5 Å². The van der Waals surface area contributed by atoms with Crippen molar-refractivity contribution in [2.45, 2.75) is 12.5 Å². The Labute approximate surface area is 82.3 Å². The third-order valence-electron chi connectivity index (χ3n) is 1.41. The van der Waals surface area contributed by atoms with Crippen molar-refractivity contribution in [3.8, 4) is 0 Å². The Balaban J connectivity index is 2.64. The molecule has 0 aliphatic rings. The maximum atomic E-state index is 10.2. The van der Waals surface area contributed by atoms with Gasteiger partial charge < -0.3 is 15.6 Å². The van der Waals surface area contributed by atoms with Crippen molar-refractivity contribution in [1.82, 2.24) is 0 Å². The van der Waals surface area contributed by atoms with Crippen LogP contribution in [0.25, 0.3) is 0 Å². The molecule has 0 spiro atoms. The molecule has 3 N–H and O–H groups in total. The molecule has 12 heavy (non-hydrogen) atoms. The van der Waals surface area contributed by atoms with Crippen LogP contribution in [0.4, 0.5) is 0 Å². The van der Waals surface area contributed by atoms with Gasteiger partial charge in [-0.25, -0.2) is 0 Å². The van der Waals surface area contributed by atoms with Gasteiger partial charge in [-0.05, 0) is 28.1 Å². The molecule has 0 aliphatic carbocycles. The molecule has 5 heteroatoms. The van der Waals surface area contributed by atoms with Crippen LogP contribution in [0.15, 0.2) is 15.9 Å². The molecule has 0 aromatic carbocycles. The largest absolute Gasteiger partial charge is 0.550 e. The van der Waals surface area contributed by atoms with Crippen LogP contribution >= 0.6 is 27.3 Å². The molecule has 0 radical (unpaired) electrons. The molecular formula is C7H8BrNO2S. The van der Waals surface area contributed by atoms with E-state index in [9.17, 15) is 9.90 Å². The van der Waals surface area contributed by atoms with Gasteiger partial charge in [-0.3, -0.25) is 0 Å². The Morgan fingerprint density at radius 1 is 1.75 bits per heavy atom. The molecule has 0 saturated carbocycles. The number of aliphatic carboxylic acids is 1. The summed E-state index contributed by atoms with van der Waals surface area (Å²) in [7, 11) is 0. The smallest absolute Gasteiger partial charge is 0.125 e. The molecule has 1 aromatic rings. The predicted octanol–water partition coefficient (Wildman–Crippen LogP) is -0.0664. The minimum absolute atomic E-state index is 0.0209. The van der Waals surface area contributed by atoms with Crippen molar-refractivity contribution < 1.29 is 15.6 Å². The zero-order chi connectivity index (χ0) is 9.14. The number of rotatable bonds is 3. The van der Waals surface area contributed by atoms with Crippen molar-refractivity contribution in [2.24, 2.45) is 0 Å². The molecule has 0 fully saturated rings. The van der Waals surface area contributed by atoms with Crippen LogP contribution in [-0.4, -0.2) is 5.97 Å². The second-order valence-electron chi connectivity index (χ2n) is 2.41. The van der Waals surface area contributed by atoms with Gasteiger partial charge in [-0.2, -0.15) is 0 Å². The summed E-state index contributed by atoms with van der Waals surface area (Å²) in [6.45, 7) is 0. The summed E-state index contributed by atoms with van der Waals surface area (Å²) in [6, 6.07) is 3.55. The molecule has 0 bridgehead atoms. The third kappa shape index (κ3) is 2.58. The highest BCUT2D eigenvalue weighted by Gasteiger charge is 2.11. The lowest BCUT2D eigenvalue weighted by molar-refractivity contribution is -0.429. The summed E-state index contributed by atoms with van der Waals surface area (Å²) in [6.07, 6.45) is -0.0209. The van der Waals surface area contributed by atoms with Crippen LogP contribution in [0, 0.1) is 0 Å². The molecule has 3 nitrogen and oxygen atoms in total. The average Bonchev–Trinajstić information content (AvgIpc) is 2.34. The maximum absolute atomic E-state index is 10.2. The maximum Gasteiger partial charge on any atom is 0.125 e. The van der Waals surface area contributed by atoms with E-state index < -0.39 is 5.97 Å². The molecule has 1 atom stereocenters. The van der Waals surface area contributed by atoms with Crippen LogP contribution in [0.3, 0.4) is 0 Å². The summed E-state index contributed by atoms with van der Waals surface area (Å²) in [5, 5.41) is 10.2. The van der Waals surface area contributed by atoms with Crippen molar-refractivity contribution in [2.75, 3.05) is 0 Å². The number of carbonyl (C=O) groups excluding carboxylic acids is 1. The highest BCUT2D eigenvalue weighted by molar-refractivity contribution is 9.11. The number of quaternary nitrogens is 1. The summed E-state index contributed by atoms with van der Waals surface area (Å²) in [5.41, 5.74) is 3.73. The number of carbonyl (C=O) groups is 1. The highest BCUT2D eigenvalue weighted by Crippen LogP contribution is 2.26. The van der Waals surface area contributed by atoms with Crippen LogP contribution in [-0.2, 0) is 4.79 Å². The second kappa shape index (κ2) is 4.02. The van der Waals surface area contributed by atoms with Crippen molar-refractivity contribution >= 4 is 33.2 Å². The zero-order valence-corrected chi connectivity index (χ0v) is 8.65. The zero-order valence-electron chi connectivity index (χ0n) is 6.25. The number of halogens is 1. The molecule has 0 saturated heterocycles. The number of hydrogen-bond acceptors (Lipinski definition) is 3. The fourth-order valence-corrected chi connectivity index (χ4v) is 2.29. The average molecular weight is 250 g/mol. The Morgan fingerprint density at radius 2 is 2.42 bits per heavy atom. The van der Waals surface area contributed by atoms with Gasteiger partial charge in [0, 0.05) is 12.4 Å². The van der Waals surface area contributed by atoms with E-state index in [1.165, 1.54) is 11.3 Å². The lowest BCUT2D eigenvalue weighted by atomic mass is 10.2. The summed E-state index contributed by atoms with van der Waals surface area (Å²) in [5.74, 6) is -1.06. The number of carboxylic acid groups (broad SMARTS) is 1. The molecule has 1 aromatic heterocycles. The minimum atomic E-state index is -1.06. The molecular weight excluding hydrogens is 242 g/mol. The van der Waals surface area contributed by atoms with Gasteiger partial charge in [0.25, 0.3) is 0 Å². The molecule has 66 valence electrons. The monoisotopic (exact) mass is 249 g/mol. The van der Waals surface area contributed by atoms with E-state index >= 15 is 0 Å². The van der Waals surface area contributed by atoms with Crippen molar-refractivity contribution in [3.63, 3.8) is 0 Å². The van der Waals surface area contributed by atoms with Gasteiger partial charge in [0.15, 0.2) is 0 Å². The second-order valence-corrected chi connectivity index (χ2v) is 4.91. The van der Waals surface area contributed by atoms with Gasteiger partial charge >= 0.3 is 0 Å². The van der Waals surface area contributed by atoms with Crippen LogP contribution in [0.1, 0.15) is 17.3 Å². The first-order valence-electron chi connectivity index (χ1n) is 3.37. The molecule has 0 unspecified atom stereocenters. The fourth-order valence-electron chi connectivity index (χ4n) is 0.849. The van der Waals surface area contributed by atoms with Gasteiger partial charge in [0.05, 0.1) is 8.66 Å². The first kappa shape index (κ1) is 9.70.